The highest BCUT2D eigenvalue weighted by Gasteiger charge is 2.22. The van der Waals surface area contributed by atoms with Crippen LogP contribution in [0.15, 0.2) is 30.6 Å². The molecule has 8 nitrogen and oxygen atoms in total. The molecule has 0 saturated carbocycles. The van der Waals surface area contributed by atoms with Crippen LogP contribution in [0.3, 0.4) is 0 Å². The summed E-state index contributed by atoms with van der Waals surface area (Å²) >= 11 is 5.68. The van der Waals surface area contributed by atoms with Crippen LogP contribution in [0.4, 0.5) is 11.5 Å². The Bertz CT molecular complexity index is 707. The van der Waals surface area contributed by atoms with Gasteiger partial charge in [-0.25, -0.2) is 9.97 Å². The van der Waals surface area contributed by atoms with Gasteiger partial charge in [0.1, 0.15) is 17.3 Å². The molecule has 2 aromatic rings. The molecule has 0 fully saturated rings. The molecule has 1 N–H and O–H groups in total. The Morgan fingerprint density at radius 2 is 2.19 bits per heavy atom. The van der Waals surface area contributed by atoms with Crippen molar-refractivity contribution >= 4 is 29.0 Å². The van der Waals surface area contributed by atoms with Gasteiger partial charge in [-0.05, 0) is 6.07 Å². The van der Waals surface area contributed by atoms with Gasteiger partial charge in [0, 0.05) is 12.1 Å². The van der Waals surface area contributed by atoms with Crippen molar-refractivity contribution < 1.29 is 14.5 Å². The molecule has 21 heavy (non-hydrogen) atoms. The van der Waals surface area contributed by atoms with Crippen LogP contribution in [0, 0.1) is 10.1 Å². The fourth-order valence-corrected chi connectivity index (χ4v) is 1.79. The summed E-state index contributed by atoms with van der Waals surface area (Å²) in [6.07, 6.45) is 1.18. The first-order valence-electron chi connectivity index (χ1n) is 5.63. The van der Waals surface area contributed by atoms with E-state index in [0.29, 0.717) is 0 Å². The number of benzene rings is 1. The number of para-hydroxylation sites is 1. The Morgan fingerprint density at radius 1 is 1.43 bits per heavy atom. The van der Waals surface area contributed by atoms with Gasteiger partial charge < -0.3 is 10.1 Å². The molecule has 1 amide bonds. The van der Waals surface area contributed by atoms with Crippen LogP contribution < -0.4 is 10.1 Å². The van der Waals surface area contributed by atoms with Gasteiger partial charge in [-0.3, -0.25) is 14.9 Å². The van der Waals surface area contributed by atoms with Crippen LogP contribution >= 0.6 is 11.6 Å². The van der Waals surface area contributed by atoms with Crippen molar-refractivity contribution in [1.82, 2.24) is 9.97 Å². The van der Waals surface area contributed by atoms with Crippen LogP contribution in [0.1, 0.15) is 10.4 Å². The summed E-state index contributed by atoms with van der Waals surface area (Å²) < 4.78 is 4.96. The monoisotopic (exact) mass is 308 g/mol. The van der Waals surface area contributed by atoms with Crippen molar-refractivity contribution in [3.05, 3.63) is 51.4 Å². The van der Waals surface area contributed by atoms with Gasteiger partial charge in [-0.2, -0.15) is 0 Å². The lowest BCUT2D eigenvalue weighted by molar-refractivity contribution is -0.385. The maximum atomic E-state index is 12.2. The molecule has 2 rings (SSSR count). The van der Waals surface area contributed by atoms with E-state index in [-0.39, 0.29) is 28.0 Å². The zero-order chi connectivity index (χ0) is 15.4. The minimum Gasteiger partial charge on any atom is -0.490 e. The first-order chi connectivity index (χ1) is 10.0. The topological polar surface area (TPSA) is 107 Å². The second-order valence-corrected chi connectivity index (χ2v) is 4.18. The smallest absolute Gasteiger partial charge is 0.311 e. The average molecular weight is 309 g/mol. The number of nitro groups is 1. The number of halogens is 1. The summed E-state index contributed by atoms with van der Waals surface area (Å²) in [6, 6.07) is 5.40. The zero-order valence-electron chi connectivity index (χ0n) is 10.7. The summed E-state index contributed by atoms with van der Waals surface area (Å²) in [6.45, 7) is 0. The Hall–Kier alpha value is -2.74. The van der Waals surface area contributed by atoms with E-state index in [0.717, 1.165) is 0 Å². The molecular formula is C12H9ClN4O4. The van der Waals surface area contributed by atoms with Gasteiger partial charge in [-0.1, -0.05) is 17.7 Å². The fraction of sp³-hybridized carbons (Fsp3) is 0.0833. The van der Waals surface area contributed by atoms with Crippen LogP contribution in [0.25, 0.3) is 0 Å². The van der Waals surface area contributed by atoms with Crippen LogP contribution in [0.5, 0.6) is 5.75 Å². The van der Waals surface area contributed by atoms with E-state index in [2.05, 4.69) is 15.3 Å². The van der Waals surface area contributed by atoms with E-state index in [1.54, 1.807) is 0 Å². The molecule has 0 atom stereocenters. The molecule has 9 heteroatoms. The highest BCUT2D eigenvalue weighted by molar-refractivity contribution is 6.29. The Kier molecular flexibility index (Phi) is 4.29. The minimum atomic E-state index is -0.628. The second-order valence-electron chi connectivity index (χ2n) is 3.80. The molecule has 1 aromatic heterocycles. The van der Waals surface area contributed by atoms with Crippen LogP contribution in [0.2, 0.25) is 5.15 Å². The quantitative estimate of drug-likeness (QED) is 0.527. The minimum absolute atomic E-state index is 0.0152. The number of aromatic nitrogens is 2. The number of anilines is 1. The van der Waals surface area contributed by atoms with Gasteiger partial charge in [0.15, 0.2) is 0 Å². The molecule has 0 bridgehead atoms. The normalized spacial score (nSPS) is 10.0. The molecule has 0 spiro atoms. The van der Waals surface area contributed by atoms with E-state index in [4.69, 9.17) is 16.3 Å². The van der Waals surface area contributed by atoms with Crippen LogP contribution in [-0.2, 0) is 0 Å². The van der Waals surface area contributed by atoms with E-state index < -0.39 is 10.8 Å². The number of hydrogen-bond acceptors (Lipinski definition) is 6. The average Bonchev–Trinajstić information content (AvgIpc) is 2.46. The van der Waals surface area contributed by atoms with Crippen molar-refractivity contribution in [2.75, 3.05) is 12.4 Å². The summed E-state index contributed by atoms with van der Waals surface area (Å²) in [4.78, 5) is 29.9. The summed E-state index contributed by atoms with van der Waals surface area (Å²) in [5.74, 6) is -0.556. The van der Waals surface area contributed by atoms with E-state index in [1.807, 2.05) is 0 Å². The first-order valence-corrected chi connectivity index (χ1v) is 6.01. The third-order valence-corrected chi connectivity index (χ3v) is 2.72. The largest absolute Gasteiger partial charge is 0.490 e. The molecule has 0 aliphatic heterocycles. The first kappa shape index (κ1) is 14.7. The summed E-state index contributed by atoms with van der Waals surface area (Å²) in [7, 11) is 1.25. The Balaban J connectivity index is 2.35. The lowest BCUT2D eigenvalue weighted by Gasteiger charge is -2.09. The second kappa shape index (κ2) is 6.14. The molecule has 1 aromatic carbocycles. The van der Waals surface area contributed by atoms with Crippen molar-refractivity contribution in [1.29, 1.82) is 0 Å². The number of nitro benzene ring substituents is 1. The van der Waals surface area contributed by atoms with Crippen molar-refractivity contribution in [2.45, 2.75) is 0 Å². The number of nitrogens with zero attached hydrogens (tertiary/aromatic N) is 3. The van der Waals surface area contributed by atoms with Crippen molar-refractivity contribution in [2.24, 2.45) is 0 Å². The number of methoxy groups -OCH3 is 1. The Morgan fingerprint density at radius 3 is 2.81 bits per heavy atom. The SMILES string of the molecule is COc1c(C(=O)Nc2cc(Cl)ncn2)cccc1[N+](=O)[O-]. The van der Waals surface area contributed by atoms with E-state index in [1.165, 1.54) is 37.7 Å². The van der Waals surface area contributed by atoms with Gasteiger partial charge in [0.25, 0.3) is 5.91 Å². The van der Waals surface area contributed by atoms with Crippen molar-refractivity contribution in [3.8, 4) is 5.75 Å². The molecule has 0 radical (unpaired) electrons. The fourth-order valence-electron chi connectivity index (χ4n) is 1.65. The number of hydrogen-bond donors (Lipinski definition) is 1. The predicted molar refractivity (Wildman–Crippen MR) is 74.6 cm³/mol. The number of carbonyl (C=O) groups excluding carboxylic acids is 1. The molecular weight excluding hydrogens is 300 g/mol. The summed E-state index contributed by atoms with van der Waals surface area (Å²) in [5.41, 5.74) is -0.285. The van der Waals surface area contributed by atoms with E-state index in [9.17, 15) is 14.9 Å². The Labute approximate surface area is 123 Å². The van der Waals surface area contributed by atoms with Gasteiger partial charge >= 0.3 is 5.69 Å². The number of ether oxygens (including phenoxy) is 1. The van der Waals surface area contributed by atoms with Crippen molar-refractivity contribution in [3.63, 3.8) is 0 Å². The molecule has 0 unspecified atom stereocenters. The highest BCUT2D eigenvalue weighted by Crippen LogP contribution is 2.30. The standard InChI is InChI=1S/C12H9ClN4O4/c1-21-11-7(3-2-4-8(11)17(19)20)12(18)16-10-5-9(13)14-6-15-10/h2-6H,1H3,(H,14,15,16,18). The maximum absolute atomic E-state index is 12.2. The van der Waals surface area contributed by atoms with E-state index >= 15 is 0 Å². The molecule has 0 aliphatic carbocycles. The van der Waals surface area contributed by atoms with Gasteiger partial charge in [0.05, 0.1) is 17.6 Å². The third kappa shape index (κ3) is 3.23. The molecule has 108 valence electrons. The molecule has 0 saturated heterocycles. The van der Waals surface area contributed by atoms with Crippen LogP contribution in [-0.4, -0.2) is 27.9 Å². The number of nitrogens with one attached hydrogen (secondary N) is 1. The number of amides is 1. The van der Waals surface area contributed by atoms with Gasteiger partial charge in [-0.15, -0.1) is 0 Å². The molecule has 0 aliphatic rings. The lowest BCUT2D eigenvalue weighted by atomic mass is 10.1. The summed E-state index contributed by atoms with van der Waals surface area (Å²) in [5, 5.41) is 13.5. The molecule has 1 heterocycles. The number of rotatable bonds is 4. The lowest BCUT2D eigenvalue weighted by Crippen LogP contribution is -2.14. The maximum Gasteiger partial charge on any atom is 0.311 e. The third-order valence-electron chi connectivity index (χ3n) is 2.52. The predicted octanol–water partition coefficient (Wildman–Crippen LogP) is 2.30. The highest BCUT2D eigenvalue weighted by atomic mass is 35.5. The zero-order valence-corrected chi connectivity index (χ0v) is 11.5. The van der Waals surface area contributed by atoms with Gasteiger partial charge in [0.2, 0.25) is 5.75 Å². The number of carbonyl (C=O) groups is 1.